The molecule has 0 radical (unpaired) electrons. The van der Waals surface area contributed by atoms with Gasteiger partial charge in [0.25, 0.3) is 0 Å². The summed E-state index contributed by atoms with van der Waals surface area (Å²) in [5, 5.41) is 3.83. The molecule has 0 saturated heterocycles. The van der Waals surface area contributed by atoms with Crippen LogP contribution < -0.4 is 5.32 Å². The lowest BCUT2D eigenvalue weighted by Gasteiger charge is -2.30. The molecule has 1 aromatic rings. The van der Waals surface area contributed by atoms with Crippen LogP contribution in [0.25, 0.3) is 0 Å². The Morgan fingerprint density at radius 3 is 2.71 bits per heavy atom. The van der Waals surface area contributed by atoms with Crippen LogP contribution in [0, 0.1) is 18.7 Å². The van der Waals surface area contributed by atoms with E-state index in [-0.39, 0.29) is 11.9 Å². The first-order valence-corrected chi connectivity index (χ1v) is 6.62. The van der Waals surface area contributed by atoms with Crippen molar-refractivity contribution in [2.45, 2.75) is 38.6 Å². The van der Waals surface area contributed by atoms with Crippen molar-refractivity contribution in [2.75, 3.05) is 7.05 Å². The topological polar surface area (TPSA) is 12.0 Å². The molecule has 17 heavy (non-hydrogen) atoms. The maximum Gasteiger partial charge on any atom is 0.127 e. The highest BCUT2D eigenvalue weighted by atomic mass is 35.5. The Bertz CT molecular complexity index is 401. The fourth-order valence-corrected chi connectivity index (χ4v) is 2.69. The Labute approximate surface area is 107 Å². The van der Waals surface area contributed by atoms with Gasteiger partial charge in [0, 0.05) is 11.1 Å². The van der Waals surface area contributed by atoms with E-state index in [0.29, 0.717) is 10.6 Å². The third kappa shape index (κ3) is 2.80. The van der Waals surface area contributed by atoms with Crippen molar-refractivity contribution >= 4 is 11.6 Å². The summed E-state index contributed by atoms with van der Waals surface area (Å²) in [6.45, 7) is 1.78. The average molecular weight is 256 g/mol. The molecule has 1 aliphatic carbocycles. The van der Waals surface area contributed by atoms with Gasteiger partial charge in [-0.05, 0) is 43.5 Å². The van der Waals surface area contributed by atoms with Gasteiger partial charge in [0.1, 0.15) is 5.82 Å². The summed E-state index contributed by atoms with van der Waals surface area (Å²) in [7, 11) is 1.94. The first-order valence-electron chi connectivity index (χ1n) is 6.24. The van der Waals surface area contributed by atoms with E-state index in [0.717, 1.165) is 17.9 Å². The standard InChI is InChI=1S/C14H19ClFN/c1-9-6-11(12(15)8-13(9)16)14(17-2)7-10-4-3-5-10/h6,8,10,14,17H,3-5,7H2,1-2H3. The van der Waals surface area contributed by atoms with E-state index in [1.165, 1.54) is 25.3 Å². The number of hydrogen-bond acceptors (Lipinski definition) is 1. The van der Waals surface area contributed by atoms with Gasteiger partial charge in [-0.1, -0.05) is 36.9 Å². The van der Waals surface area contributed by atoms with E-state index in [1.807, 2.05) is 13.1 Å². The monoisotopic (exact) mass is 255 g/mol. The molecule has 1 N–H and O–H groups in total. The smallest absolute Gasteiger partial charge is 0.127 e. The highest BCUT2D eigenvalue weighted by Crippen LogP contribution is 2.36. The molecule has 1 atom stereocenters. The van der Waals surface area contributed by atoms with Crippen molar-refractivity contribution in [1.82, 2.24) is 5.32 Å². The van der Waals surface area contributed by atoms with Crippen LogP contribution in [0.5, 0.6) is 0 Å². The first kappa shape index (κ1) is 12.8. The van der Waals surface area contributed by atoms with Crippen LogP contribution in [0.1, 0.15) is 42.9 Å². The van der Waals surface area contributed by atoms with Gasteiger partial charge < -0.3 is 5.32 Å². The number of hydrogen-bond donors (Lipinski definition) is 1. The van der Waals surface area contributed by atoms with Crippen molar-refractivity contribution in [2.24, 2.45) is 5.92 Å². The van der Waals surface area contributed by atoms with Crippen molar-refractivity contribution in [3.63, 3.8) is 0 Å². The SMILES string of the molecule is CNC(CC1CCC1)c1cc(C)c(F)cc1Cl. The summed E-state index contributed by atoms with van der Waals surface area (Å²) < 4.78 is 13.4. The lowest BCUT2D eigenvalue weighted by Crippen LogP contribution is -2.23. The second-order valence-corrected chi connectivity index (χ2v) is 5.40. The molecule has 1 fully saturated rings. The van der Waals surface area contributed by atoms with Crippen molar-refractivity contribution in [3.05, 3.63) is 34.1 Å². The summed E-state index contributed by atoms with van der Waals surface area (Å²) in [6.07, 6.45) is 5.07. The fraction of sp³-hybridized carbons (Fsp3) is 0.571. The van der Waals surface area contributed by atoms with E-state index >= 15 is 0 Å². The zero-order chi connectivity index (χ0) is 12.4. The average Bonchev–Trinajstić information content (AvgIpc) is 2.23. The molecule has 0 spiro atoms. The van der Waals surface area contributed by atoms with Gasteiger partial charge in [-0.25, -0.2) is 4.39 Å². The minimum absolute atomic E-state index is 0.225. The molecule has 2 rings (SSSR count). The zero-order valence-corrected chi connectivity index (χ0v) is 11.1. The summed E-state index contributed by atoms with van der Waals surface area (Å²) in [5.74, 6) is 0.575. The van der Waals surface area contributed by atoms with Crippen LogP contribution in [-0.2, 0) is 0 Å². The highest BCUT2D eigenvalue weighted by molar-refractivity contribution is 6.31. The third-order valence-corrected chi connectivity index (χ3v) is 4.12. The maximum absolute atomic E-state index is 13.4. The lowest BCUT2D eigenvalue weighted by molar-refractivity contribution is 0.265. The van der Waals surface area contributed by atoms with E-state index in [4.69, 9.17) is 11.6 Å². The number of benzene rings is 1. The molecule has 1 aromatic carbocycles. The maximum atomic E-state index is 13.4. The normalized spacial score (nSPS) is 17.9. The van der Waals surface area contributed by atoms with Gasteiger partial charge in [-0.3, -0.25) is 0 Å². The minimum atomic E-state index is -0.225. The van der Waals surface area contributed by atoms with Gasteiger partial charge in [0.15, 0.2) is 0 Å². The molecule has 1 saturated carbocycles. The van der Waals surface area contributed by atoms with E-state index in [9.17, 15) is 4.39 Å². The third-order valence-electron chi connectivity index (χ3n) is 3.80. The molecule has 0 amide bonds. The van der Waals surface area contributed by atoms with Crippen LogP contribution >= 0.6 is 11.6 Å². The van der Waals surface area contributed by atoms with Crippen molar-refractivity contribution in [3.8, 4) is 0 Å². The molecule has 94 valence electrons. The fourth-order valence-electron chi connectivity index (χ4n) is 2.41. The van der Waals surface area contributed by atoms with E-state index < -0.39 is 0 Å². The molecule has 1 aliphatic rings. The van der Waals surface area contributed by atoms with Crippen LogP contribution in [-0.4, -0.2) is 7.05 Å². The Morgan fingerprint density at radius 1 is 1.47 bits per heavy atom. The molecule has 3 heteroatoms. The Kier molecular flexibility index (Phi) is 4.05. The number of rotatable bonds is 4. The van der Waals surface area contributed by atoms with Crippen molar-refractivity contribution in [1.29, 1.82) is 0 Å². The zero-order valence-electron chi connectivity index (χ0n) is 10.4. The number of halogens is 2. The van der Waals surface area contributed by atoms with Gasteiger partial charge in [0.05, 0.1) is 0 Å². The Hall–Kier alpha value is -0.600. The van der Waals surface area contributed by atoms with Crippen LogP contribution in [0.4, 0.5) is 4.39 Å². The van der Waals surface area contributed by atoms with Crippen LogP contribution in [0.15, 0.2) is 12.1 Å². The summed E-state index contributed by atoms with van der Waals surface area (Å²) in [4.78, 5) is 0. The molecule has 0 aromatic heterocycles. The molecule has 0 aliphatic heterocycles. The number of aryl methyl sites for hydroxylation is 1. The molecule has 1 nitrogen and oxygen atoms in total. The Morgan fingerprint density at radius 2 is 2.18 bits per heavy atom. The van der Waals surface area contributed by atoms with Crippen molar-refractivity contribution < 1.29 is 4.39 Å². The van der Waals surface area contributed by atoms with Gasteiger partial charge in [0.2, 0.25) is 0 Å². The molecule has 0 heterocycles. The van der Waals surface area contributed by atoms with Crippen LogP contribution in [0.3, 0.4) is 0 Å². The van der Waals surface area contributed by atoms with Crippen LogP contribution in [0.2, 0.25) is 5.02 Å². The molecular formula is C14H19ClFN. The summed E-state index contributed by atoms with van der Waals surface area (Å²) in [5.41, 5.74) is 1.69. The summed E-state index contributed by atoms with van der Waals surface area (Å²) in [6, 6.07) is 3.54. The molecule has 0 bridgehead atoms. The van der Waals surface area contributed by atoms with Gasteiger partial charge in [-0.2, -0.15) is 0 Å². The van der Waals surface area contributed by atoms with E-state index in [1.54, 1.807) is 6.92 Å². The Balaban J connectivity index is 2.19. The first-order chi connectivity index (χ1) is 8.11. The van der Waals surface area contributed by atoms with Gasteiger partial charge in [-0.15, -0.1) is 0 Å². The quantitative estimate of drug-likeness (QED) is 0.849. The highest BCUT2D eigenvalue weighted by Gasteiger charge is 2.23. The van der Waals surface area contributed by atoms with E-state index in [2.05, 4.69) is 5.32 Å². The number of nitrogens with one attached hydrogen (secondary N) is 1. The lowest BCUT2D eigenvalue weighted by atomic mass is 9.79. The summed E-state index contributed by atoms with van der Waals surface area (Å²) >= 11 is 6.14. The molecule has 1 unspecified atom stereocenters. The minimum Gasteiger partial charge on any atom is -0.313 e. The predicted molar refractivity (Wildman–Crippen MR) is 69.9 cm³/mol. The second kappa shape index (κ2) is 5.36. The molecular weight excluding hydrogens is 237 g/mol. The second-order valence-electron chi connectivity index (χ2n) is 5.00. The van der Waals surface area contributed by atoms with Gasteiger partial charge >= 0.3 is 0 Å². The predicted octanol–water partition coefficient (Wildman–Crippen LogP) is 4.24. The largest absolute Gasteiger partial charge is 0.313 e.